The highest BCUT2D eigenvalue weighted by Crippen LogP contribution is 2.15. The number of benzene rings is 1. The predicted octanol–water partition coefficient (Wildman–Crippen LogP) is 3.91. The van der Waals surface area contributed by atoms with E-state index in [1.807, 2.05) is 18.2 Å². The van der Waals surface area contributed by atoms with E-state index in [2.05, 4.69) is 26.0 Å². The van der Waals surface area contributed by atoms with Gasteiger partial charge in [-0.25, -0.2) is 0 Å². The van der Waals surface area contributed by atoms with Gasteiger partial charge in [0.1, 0.15) is 0 Å². The summed E-state index contributed by atoms with van der Waals surface area (Å²) in [5, 5.41) is 0. The van der Waals surface area contributed by atoms with E-state index in [-0.39, 0.29) is 11.9 Å². The van der Waals surface area contributed by atoms with Crippen molar-refractivity contribution < 1.29 is 9.53 Å². The molecule has 2 nitrogen and oxygen atoms in total. The second-order valence-electron chi connectivity index (χ2n) is 4.45. The van der Waals surface area contributed by atoms with Crippen LogP contribution in [0, 0.1) is 0 Å². The molecule has 0 amide bonds. The van der Waals surface area contributed by atoms with Gasteiger partial charge in [-0.2, -0.15) is 0 Å². The van der Waals surface area contributed by atoms with Gasteiger partial charge < -0.3 is 4.74 Å². The minimum Gasteiger partial charge on any atom is -0.465 e. The second kappa shape index (κ2) is 7.88. The zero-order chi connectivity index (χ0) is 12.5. The Kier molecular flexibility index (Phi) is 6.38. The average molecular weight is 234 g/mol. The Balaban J connectivity index is 2.24. The van der Waals surface area contributed by atoms with Crippen molar-refractivity contribution in [3.63, 3.8) is 0 Å². The fraction of sp³-hybridized carbons (Fsp3) is 0.533. The van der Waals surface area contributed by atoms with Crippen LogP contribution in [0.15, 0.2) is 30.3 Å². The first kappa shape index (κ1) is 13.8. The van der Waals surface area contributed by atoms with E-state index in [0.29, 0.717) is 13.0 Å². The molecule has 0 spiro atoms. The zero-order valence-corrected chi connectivity index (χ0v) is 10.8. The summed E-state index contributed by atoms with van der Waals surface area (Å²) in [5.74, 6) is 0.201. The molecule has 2 heteroatoms. The lowest BCUT2D eigenvalue weighted by molar-refractivity contribution is -0.144. The van der Waals surface area contributed by atoms with Gasteiger partial charge in [-0.1, -0.05) is 57.0 Å². The van der Waals surface area contributed by atoms with Crippen molar-refractivity contribution in [2.75, 3.05) is 6.61 Å². The van der Waals surface area contributed by atoms with Gasteiger partial charge >= 0.3 is 5.97 Å². The highest BCUT2D eigenvalue weighted by molar-refractivity contribution is 5.69. The third-order valence-electron chi connectivity index (χ3n) is 2.85. The summed E-state index contributed by atoms with van der Waals surface area (Å²) in [7, 11) is 0. The number of ether oxygens (including phenoxy) is 1. The fourth-order valence-corrected chi connectivity index (χ4v) is 1.69. The average Bonchev–Trinajstić information content (AvgIpc) is 2.37. The number of hydrogen-bond donors (Lipinski definition) is 0. The Morgan fingerprint density at radius 3 is 2.59 bits per heavy atom. The maximum atomic E-state index is 11.4. The predicted molar refractivity (Wildman–Crippen MR) is 70.0 cm³/mol. The van der Waals surface area contributed by atoms with Gasteiger partial charge in [-0.3, -0.25) is 4.79 Å². The number of rotatable bonds is 7. The molecule has 0 radical (unpaired) electrons. The first-order chi connectivity index (χ1) is 8.24. The molecular formula is C15H22O2. The summed E-state index contributed by atoms with van der Waals surface area (Å²) < 4.78 is 5.27. The van der Waals surface area contributed by atoms with Crippen LogP contribution in [0.1, 0.15) is 51.0 Å². The third kappa shape index (κ3) is 5.53. The summed E-state index contributed by atoms with van der Waals surface area (Å²) in [4.78, 5) is 11.4. The lowest BCUT2D eigenvalue weighted by Gasteiger charge is -2.12. The normalized spacial score (nSPS) is 12.1. The van der Waals surface area contributed by atoms with Gasteiger partial charge in [0.25, 0.3) is 0 Å². The molecule has 17 heavy (non-hydrogen) atoms. The van der Waals surface area contributed by atoms with Crippen molar-refractivity contribution >= 4 is 5.97 Å². The highest BCUT2D eigenvalue weighted by atomic mass is 16.5. The number of carbonyl (C=O) groups excluding carboxylic acids is 1. The maximum Gasteiger partial charge on any atom is 0.305 e. The van der Waals surface area contributed by atoms with Gasteiger partial charge in [0, 0.05) is 12.3 Å². The molecule has 1 aromatic carbocycles. The Morgan fingerprint density at radius 2 is 1.94 bits per heavy atom. The fourth-order valence-electron chi connectivity index (χ4n) is 1.69. The van der Waals surface area contributed by atoms with Crippen molar-refractivity contribution in [1.29, 1.82) is 0 Å². The minimum atomic E-state index is -0.0683. The van der Waals surface area contributed by atoms with E-state index in [0.717, 1.165) is 19.3 Å². The lowest BCUT2D eigenvalue weighted by atomic mass is 10.0. The van der Waals surface area contributed by atoms with E-state index in [9.17, 15) is 4.79 Å². The van der Waals surface area contributed by atoms with E-state index in [1.165, 1.54) is 5.56 Å². The topological polar surface area (TPSA) is 26.3 Å². The van der Waals surface area contributed by atoms with Crippen molar-refractivity contribution in [3.05, 3.63) is 35.9 Å². The Labute approximate surface area is 104 Å². The van der Waals surface area contributed by atoms with Gasteiger partial charge in [-0.05, 0) is 12.0 Å². The Bertz CT molecular complexity index is 319. The standard InChI is InChI=1S/C15H22O2/c1-3-4-6-11-15(16)17-12-13(2)14-9-7-5-8-10-14/h5,7-10,13H,3-4,6,11-12H2,1-2H3. The number of carbonyl (C=O) groups is 1. The molecule has 0 saturated carbocycles. The summed E-state index contributed by atoms with van der Waals surface area (Å²) in [5.41, 5.74) is 1.22. The van der Waals surface area contributed by atoms with Crippen LogP contribution in [0.25, 0.3) is 0 Å². The summed E-state index contributed by atoms with van der Waals surface area (Å²) in [6, 6.07) is 10.1. The SMILES string of the molecule is CCCCCC(=O)OCC(C)c1ccccc1. The van der Waals surface area contributed by atoms with E-state index < -0.39 is 0 Å². The van der Waals surface area contributed by atoms with Crippen LogP contribution in [0.3, 0.4) is 0 Å². The third-order valence-corrected chi connectivity index (χ3v) is 2.85. The molecule has 0 bridgehead atoms. The largest absolute Gasteiger partial charge is 0.465 e. The summed E-state index contributed by atoms with van der Waals surface area (Å²) in [6.45, 7) is 4.69. The van der Waals surface area contributed by atoms with E-state index in [1.54, 1.807) is 0 Å². The molecular weight excluding hydrogens is 212 g/mol. The second-order valence-corrected chi connectivity index (χ2v) is 4.45. The van der Waals surface area contributed by atoms with Crippen molar-refractivity contribution in [2.24, 2.45) is 0 Å². The van der Waals surface area contributed by atoms with Crippen LogP contribution >= 0.6 is 0 Å². The monoisotopic (exact) mass is 234 g/mol. The Hall–Kier alpha value is -1.31. The molecule has 1 aromatic rings. The quantitative estimate of drug-likeness (QED) is 0.528. The molecule has 94 valence electrons. The first-order valence-corrected chi connectivity index (χ1v) is 6.44. The van der Waals surface area contributed by atoms with Crippen molar-refractivity contribution in [3.8, 4) is 0 Å². The van der Waals surface area contributed by atoms with Gasteiger partial charge in [-0.15, -0.1) is 0 Å². The first-order valence-electron chi connectivity index (χ1n) is 6.44. The molecule has 0 aliphatic carbocycles. The van der Waals surface area contributed by atoms with E-state index >= 15 is 0 Å². The summed E-state index contributed by atoms with van der Waals surface area (Å²) in [6.07, 6.45) is 3.72. The van der Waals surface area contributed by atoms with Crippen LogP contribution in [0.5, 0.6) is 0 Å². The molecule has 0 aliphatic heterocycles. The van der Waals surface area contributed by atoms with Crippen LogP contribution in [0.2, 0.25) is 0 Å². The minimum absolute atomic E-state index is 0.0683. The smallest absolute Gasteiger partial charge is 0.305 e. The van der Waals surface area contributed by atoms with Crippen LogP contribution in [0.4, 0.5) is 0 Å². The van der Waals surface area contributed by atoms with Crippen molar-refractivity contribution in [2.45, 2.75) is 45.4 Å². The molecule has 0 fully saturated rings. The molecule has 0 N–H and O–H groups in total. The zero-order valence-electron chi connectivity index (χ0n) is 10.8. The number of esters is 1. The molecule has 1 rings (SSSR count). The molecule has 0 aromatic heterocycles. The van der Waals surface area contributed by atoms with Gasteiger partial charge in [0.2, 0.25) is 0 Å². The van der Waals surface area contributed by atoms with Crippen LogP contribution in [-0.2, 0) is 9.53 Å². The van der Waals surface area contributed by atoms with Crippen LogP contribution in [-0.4, -0.2) is 12.6 Å². The molecule has 0 heterocycles. The Morgan fingerprint density at radius 1 is 1.24 bits per heavy atom. The molecule has 1 atom stereocenters. The molecule has 1 unspecified atom stereocenters. The van der Waals surface area contributed by atoms with Crippen molar-refractivity contribution in [1.82, 2.24) is 0 Å². The van der Waals surface area contributed by atoms with Crippen LogP contribution < -0.4 is 0 Å². The van der Waals surface area contributed by atoms with Gasteiger partial charge in [0.05, 0.1) is 6.61 Å². The number of unbranched alkanes of at least 4 members (excludes halogenated alkanes) is 2. The highest BCUT2D eigenvalue weighted by Gasteiger charge is 2.08. The summed E-state index contributed by atoms with van der Waals surface area (Å²) >= 11 is 0. The van der Waals surface area contributed by atoms with E-state index in [4.69, 9.17) is 4.74 Å². The number of hydrogen-bond acceptors (Lipinski definition) is 2. The molecule has 0 aliphatic rings. The maximum absolute atomic E-state index is 11.4. The van der Waals surface area contributed by atoms with Gasteiger partial charge in [0.15, 0.2) is 0 Å². The molecule has 0 saturated heterocycles. The lowest BCUT2D eigenvalue weighted by Crippen LogP contribution is -2.10.